The monoisotopic (exact) mass is 368 g/mol. The van der Waals surface area contributed by atoms with Gasteiger partial charge in [-0.05, 0) is 25.8 Å². The minimum absolute atomic E-state index is 0.0240. The van der Waals surface area contributed by atoms with Gasteiger partial charge in [0.25, 0.3) is 0 Å². The molecule has 0 fully saturated rings. The minimum Gasteiger partial charge on any atom is -0.460 e. The van der Waals surface area contributed by atoms with Crippen LogP contribution >= 0.6 is 21.8 Å². The van der Waals surface area contributed by atoms with E-state index in [0.29, 0.717) is 0 Å². The number of hydrogen-bond donors (Lipinski definition) is 0. The van der Waals surface area contributed by atoms with E-state index in [1.54, 1.807) is 0 Å². The third-order valence-electron chi connectivity index (χ3n) is 2.62. The average molecular weight is 368 g/mol. The highest BCUT2D eigenvalue weighted by Gasteiger charge is 2.14. The topological polar surface area (TPSA) is 26.3 Å². The molecule has 0 heterocycles. The van der Waals surface area contributed by atoms with Crippen molar-refractivity contribution in [2.24, 2.45) is 0 Å². The first-order valence-corrected chi connectivity index (χ1v) is 12.7. The second-order valence-corrected chi connectivity index (χ2v) is 17.8. The third-order valence-corrected chi connectivity index (χ3v) is 5.78. The Morgan fingerprint density at radius 2 is 1.94 bits per heavy atom. The van der Waals surface area contributed by atoms with Crippen molar-refractivity contribution < 1.29 is 9.53 Å². The van der Waals surface area contributed by atoms with Crippen LogP contribution < -0.4 is 0 Å². The fourth-order valence-corrected chi connectivity index (χ4v) is 3.87. The zero-order valence-corrected chi connectivity index (χ0v) is 14.5. The predicted octanol–water partition coefficient (Wildman–Crippen LogP) is 4.69. The Labute approximate surface area is 119 Å². The zero-order valence-electron chi connectivity index (χ0n) is 11.3. The smallest absolute Gasteiger partial charge is 0.330 e. The van der Waals surface area contributed by atoms with Gasteiger partial charge in [-0.25, -0.2) is 4.79 Å². The Bertz CT molecular complexity index is 236. The molecule has 1 atom stereocenters. The number of esters is 1. The first-order chi connectivity index (χ1) is 7.85. The van der Waals surface area contributed by atoms with E-state index in [1.165, 1.54) is 31.4 Å². The molecule has 0 saturated carbocycles. The summed E-state index contributed by atoms with van der Waals surface area (Å²) in [6.45, 7) is 10.1. The van der Waals surface area contributed by atoms with Gasteiger partial charge in [-0.1, -0.05) is 38.9 Å². The van der Waals surface area contributed by atoms with E-state index in [4.69, 9.17) is 4.74 Å². The van der Waals surface area contributed by atoms with Crippen LogP contribution in [0.25, 0.3) is 0 Å². The van der Waals surface area contributed by atoms with Crippen LogP contribution in [0.4, 0.5) is 0 Å². The van der Waals surface area contributed by atoms with Gasteiger partial charge in [-0.3, -0.25) is 0 Å². The van der Waals surface area contributed by atoms with Crippen LogP contribution in [0.15, 0.2) is 12.7 Å². The summed E-state index contributed by atoms with van der Waals surface area (Å²) in [5.41, 5.74) is -0.876. The van der Waals surface area contributed by atoms with Gasteiger partial charge in [0.1, 0.15) is 5.57 Å². The average Bonchev–Trinajstić information content (AvgIpc) is 2.21. The molecule has 2 nitrogen and oxygen atoms in total. The number of halogens is 1. The van der Waals surface area contributed by atoms with Gasteiger partial charge in [0.05, 0.1) is 6.10 Å². The lowest BCUT2D eigenvalue weighted by molar-refractivity contribution is -0.142. The van der Waals surface area contributed by atoms with Crippen LogP contribution in [-0.2, 0) is 9.53 Å². The number of carbonyl (C=O) groups excluding carboxylic acids is 1. The predicted molar refractivity (Wildman–Crippen MR) is 85.1 cm³/mol. The zero-order chi connectivity index (χ0) is 13.3. The molecule has 0 aromatic heterocycles. The van der Waals surface area contributed by atoms with Crippen molar-refractivity contribution in [1.29, 1.82) is 0 Å². The molecule has 0 saturated heterocycles. The van der Waals surface area contributed by atoms with Crippen molar-refractivity contribution in [2.45, 2.75) is 64.3 Å². The lowest BCUT2D eigenvalue weighted by Gasteiger charge is -2.13. The van der Waals surface area contributed by atoms with E-state index in [2.05, 4.69) is 41.5 Å². The maximum Gasteiger partial charge on any atom is 0.330 e. The van der Waals surface area contributed by atoms with Crippen molar-refractivity contribution in [3.63, 3.8) is 0 Å². The van der Waals surface area contributed by atoms with Crippen LogP contribution in [0.3, 0.4) is 0 Å². The van der Waals surface area contributed by atoms with E-state index in [-0.39, 0.29) is 12.1 Å². The molecule has 0 aliphatic heterocycles. The number of hydrogen-bond acceptors (Lipinski definition) is 2. The lowest BCUT2D eigenvalue weighted by atomic mass is 10.1. The summed E-state index contributed by atoms with van der Waals surface area (Å²) >= 11 is 2.64. The summed E-state index contributed by atoms with van der Waals surface area (Å²) in [5, 5.41) is 0. The summed E-state index contributed by atoms with van der Waals surface area (Å²) in [6.07, 6.45) is 7.26. The Morgan fingerprint density at radius 1 is 1.35 bits per heavy atom. The van der Waals surface area contributed by atoms with Crippen molar-refractivity contribution in [3.8, 4) is 0 Å². The molecule has 0 aromatic carbocycles. The third kappa shape index (κ3) is 12.4. The molecule has 0 aliphatic carbocycles. The Hall–Kier alpha value is 0.157. The van der Waals surface area contributed by atoms with Crippen LogP contribution in [0, 0.1) is 0 Å². The standard InChI is InChI=1S/C13H25IO2Si/c1-5-13(15)16-12(2)10-8-6-7-9-11-17(3,4)14/h5,12H,1,6-11H2,2-4H3. The minimum atomic E-state index is -0.876. The summed E-state index contributed by atoms with van der Waals surface area (Å²) in [7, 11) is 0. The molecule has 17 heavy (non-hydrogen) atoms. The van der Waals surface area contributed by atoms with E-state index < -0.39 is 5.57 Å². The van der Waals surface area contributed by atoms with Gasteiger partial charge in [-0.15, -0.1) is 21.8 Å². The van der Waals surface area contributed by atoms with Gasteiger partial charge in [0, 0.05) is 6.08 Å². The molecule has 0 spiro atoms. The number of carbonyl (C=O) groups is 1. The van der Waals surface area contributed by atoms with Gasteiger partial charge in [0.15, 0.2) is 0 Å². The maximum atomic E-state index is 10.9. The molecule has 0 rings (SSSR count). The van der Waals surface area contributed by atoms with E-state index >= 15 is 0 Å². The molecule has 4 heteroatoms. The molecule has 0 amide bonds. The summed E-state index contributed by atoms with van der Waals surface area (Å²) in [4.78, 5) is 10.9. The molecule has 1 unspecified atom stereocenters. The van der Waals surface area contributed by atoms with Gasteiger partial charge >= 0.3 is 5.97 Å². The second-order valence-electron chi connectivity index (χ2n) is 5.12. The Balaban J connectivity index is 3.39. The highest BCUT2D eigenvalue weighted by atomic mass is 127. The van der Waals surface area contributed by atoms with Gasteiger partial charge in [-0.2, -0.15) is 0 Å². The van der Waals surface area contributed by atoms with Gasteiger partial charge < -0.3 is 4.74 Å². The normalized spacial score (nSPS) is 13.2. The van der Waals surface area contributed by atoms with Gasteiger partial charge in [0.2, 0.25) is 0 Å². The van der Waals surface area contributed by atoms with E-state index in [0.717, 1.165) is 12.8 Å². The summed E-state index contributed by atoms with van der Waals surface area (Å²) < 4.78 is 5.11. The fraction of sp³-hybridized carbons (Fsp3) is 0.769. The summed E-state index contributed by atoms with van der Waals surface area (Å²) in [5.74, 6) is -0.310. The van der Waals surface area contributed by atoms with Crippen LogP contribution in [-0.4, -0.2) is 17.6 Å². The first-order valence-electron chi connectivity index (χ1n) is 6.37. The number of unbranched alkanes of at least 4 members (excludes halogenated alkanes) is 3. The highest BCUT2D eigenvalue weighted by Crippen LogP contribution is 2.21. The molecular formula is C13H25IO2Si. The quantitative estimate of drug-likeness (QED) is 0.147. The Kier molecular flexibility index (Phi) is 9.22. The van der Waals surface area contributed by atoms with Crippen molar-refractivity contribution in [3.05, 3.63) is 12.7 Å². The maximum absolute atomic E-state index is 10.9. The molecule has 0 aromatic rings. The van der Waals surface area contributed by atoms with E-state index in [1.807, 2.05) is 6.92 Å². The van der Waals surface area contributed by atoms with E-state index in [9.17, 15) is 4.79 Å². The fourth-order valence-electron chi connectivity index (χ4n) is 1.64. The summed E-state index contributed by atoms with van der Waals surface area (Å²) in [6, 6.07) is 1.41. The van der Waals surface area contributed by atoms with Crippen molar-refractivity contribution in [2.75, 3.05) is 0 Å². The Morgan fingerprint density at radius 3 is 2.47 bits per heavy atom. The SMILES string of the molecule is C=CC(=O)OC(C)CCCCCC[Si](C)(C)I. The molecule has 0 bridgehead atoms. The number of ether oxygens (including phenoxy) is 1. The highest BCUT2D eigenvalue weighted by molar-refractivity contribution is 14.1. The lowest BCUT2D eigenvalue weighted by Crippen LogP contribution is -2.14. The van der Waals surface area contributed by atoms with Crippen LogP contribution in [0.1, 0.15) is 39.0 Å². The molecular weight excluding hydrogens is 343 g/mol. The first kappa shape index (κ1) is 17.2. The number of rotatable bonds is 9. The van der Waals surface area contributed by atoms with Crippen LogP contribution in [0.2, 0.25) is 19.1 Å². The molecule has 0 aliphatic rings. The second kappa shape index (κ2) is 9.14. The van der Waals surface area contributed by atoms with Crippen molar-refractivity contribution >= 4 is 33.3 Å². The molecule has 0 radical (unpaired) electrons. The molecule has 0 N–H and O–H groups in total. The van der Waals surface area contributed by atoms with Crippen LogP contribution in [0.5, 0.6) is 0 Å². The molecule has 100 valence electrons. The largest absolute Gasteiger partial charge is 0.460 e. The van der Waals surface area contributed by atoms with Crippen molar-refractivity contribution in [1.82, 2.24) is 0 Å².